The third-order valence-electron chi connectivity index (χ3n) is 3.19. The average Bonchev–Trinajstić information content (AvgIpc) is 2.92. The van der Waals surface area contributed by atoms with Gasteiger partial charge in [0.1, 0.15) is 19.0 Å². The van der Waals surface area contributed by atoms with E-state index in [0.717, 1.165) is 10.8 Å². The molecular weight excluding hydrogens is 274 g/mol. The van der Waals surface area contributed by atoms with Crippen molar-refractivity contribution < 1.29 is 24.2 Å². The summed E-state index contributed by atoms with van der Waals surface area (Å²) in [6, 6.07) is 11.4. The van der Waals surface area contributed by atoms with Crippen LogP contribution in [0.1, 0.15) is 5.56 Å². The molecule has 0 bridgehead atoms. The van der Waals surface area contributed by atoms with E-state index in [4.69, 9.17) is 19.4 Å². The molecule has 1 unspecified atom stereocenters. The predicted octanol–water partition coefficient (Wildman–Crippen LogP) is 2.56. The number of rotatable bonds is 4. The van der Waals surface area contributed by atoms with Gasteiger partial charge < -0.3 is 19.4 Å². The van der Waals surface area contributed by atoms with Crippen LogP contribution >= 0.6 is 0 Å². The van der Waals surface area contributed by atoms with Gasteiger partial charge in [0.05, 0.1) is 6.21 Å². The molecule has 1 N–H and O–H groups in total. The fraction of sp³-hybridized carbons (Fsp3) is 0.200. The second-order valence-electron chi connectivity index (χ2n) is 4.55. The van der Waals surface area contributed by atoms with E-state index in [1.807, 2.05) is 30.3 Å². The van der Waals surface area contributed by atoms with Crippen LogP contribution in [0, 0.1) is 0 Å². The Kier molecular flexibility index (Phi) is 3.59. The Labute approximate surface area is 120 Å². The zero-order valence-electron chi connectivity index (χ0n) is 11.1. The molecule has 0 saturated carbocycles. The number of carbonyl (C=O) groups is 1. The molecule has 0 spiro atoms. The van der Waals surface area contributed by atoms with Crippen molar-refractivity contribution in [3.8, 4) is 5.75 Å². The lowest BCUT2D eigenvalue weighted by Gasteiger charge is -2.13. The van der Waals surface area contributed by atoms with E-state index in [2.05, 4.69) is 5.16 Å². The van der Waals surface area contributed by atoms with Crippen LogP contribution in [0.25, 0.3) is 10.8 Å². The van der Waals surface area contributed by atoms with Crippen molar-refractivity contribution in [3.05, 3.63) is 42.0 Å². The minimum atomic E-state index is -0.681. The van der Waals surface area contributed by atoms with Gasteiger partial charge in [0.25, 0.3) is 0 Å². The maximum atomic E-state index is 10.9. The van der Waals surface area contributed by atoms with Crippen molar-refractivity contribution in [1.29, 1.82) is 0 Å². The normalized spacial score (nSPS) is 17.9. The van der Waals surface area contributed by atoms with Gasteiger partial charge in [0, 0.05) is 5.56 Å². The zero-order chi connectivity index (χ0) is 14.7. The van der Waals surface area contributed by atoms with Gasteiger partial charge in [0.15, 0.2) is 6.10 Å². The van der Waals surface area contributed by atoms with Crippen LogP contribution in [0.3, 0.4) is 0 Å². The minimum absolute atomic E-state index is 0.176. The highest BCUT2D eigenvalue weighted by molar-refractivity contribution is 6.02. The number of benzene rings is 2. The van der Waals surface area contributed by atoms with E-state index in [1.54, 1.807) is 6.07 Å². The van der Waals surface area contributed by atoms with Crippen molar-refractivity contribution in [3.63, 3.8) is 0 Å². The van der Waals surface area contributed by atoms with Crippen LogP contribution in [0.15, 0.2) is 41.6 Å². The van der Waals surface area contributed by atoms with E-state index in [1.165, 1.54) is 6.21 Å². The fourth-order valence-electron chi connectivity index (χ4n) is 2.22. The van der Waals surface area contributed by atoms with Gasteiger partial charge >= 0.3 is 6.16 Å². The first-order chi connectivity index (χ1) is 10.3. The Morgan fingerprint density at radius 3 is 2.95 bits per heavy atom. The van der Waals surface area contributed by atoms with E-state index in [-0.39, 0.29) is 13.2 Å². The number of cyclic esters (lactones) is 2. The quantitative estimate of drug-likeness (QED) is 0.405. The smallest absolute Gasteiger partial charge is 0.489 e. The number of carbonyl (C=O) groups excluding carboxylic acids is 1. The number of fused-ring (bicyclic) bond motifs is 1. The summed E-state index contributed by atoms with van der Waals surface area (Å²) >= 11 is 0. The third kappa shape index (κ3) is 2.74. The van der Waals surface area contributed by atoms with Crippen LogP contribution in [-0.4, -0.2) is 36.9 Å². The molecule has 3 rings (SSSR count). The van der Waals surface area contributed by atoms with Gasteiger partial charge in [-0.05, 0) is 16.8 Å². The molecule has 21 heavy (non-hydrogen) atoms. The first kappa shape index (κ1) is 13.2. The van der Waals surface area contributed by atoms with E-state index in [0.29, 0.717) is 11.3 Å². The molecule has 1 atom stereocenters. The number of hydrogen-bond acceptors (Lipinski definition) is 6. The molecule has 1 fully saturated rings. The highest BCUT2D eigenvalue weighted by atomic mass is 16.8. The highest BCUT2D eigenvalue weighted by Gasteiger charge is 2.25. The topological polar surface area (TPSA) is 77.4 Å². The average molecular weight is 287 g/mol. The number of hydrogen-bond donors (Lipinski definition) is 1. The Hall–Kier alpha value is -2.76. The summed E-state index contributed by atoms with van der Waals surface area (Å²) < 4.78 is 15.3. The SMILES string of the molecule is O=C1OCC(COc2ccc3ccccc3c2C=NO)O1. The summed E-state index contributed by atoms with van der Waals surface area (Å²) in [5, 5.41) is 13.9. The van der Waals surface area contributed by atoms with Crippen LogP contribution in [0.4, 0.5) is 4.79 Å². The molecule has 1 saturated heterocycles. The molecule has 0 amide bonds. The lowest BCUT2D eigenvalue weighted by Crippen LogP contribution is -2.20. The number of oxime groups is 1. The van der Waals surface area contributed by atoms with Crippen molar-refractivity contribution in [1.82, 2.24) is 0 Å². The standard InChI is InChI=1S/C15H13NO5/c17-15-20-9-11(21-15)8-19-14-6-5-10-3-1-2-4-12(10)13(14)7-16-18/h1-7,11,18H,8-9H2. The monoisotopic (exact) mass is 287 g/mol. The molecule has 2 aromatic rings. The molecule has 6 heteroatoms. The van der Waals surface area contributed by atoms with Gasteiger partial charge in [-0.3, -0.25) is 0 Å². The van der Waals surface area contributed by atoms with Gasteiger partial charge in [-0.25, -0.2) is 4.79 Å². The molecular formula is C15H13NO5. The van der Waals surface area contributed by atoms with Crippen molar-refractivity contribution >= 4 is 23.1 Å². The van der Waals surface area contributed by atoms with Crippen molar-refractivity contribution in [2.24, 2.45) is 5.16 Å². The largest absolute Gasteiger partial charge is 0.508 e. The molecule has 108 valence electrons. The van der Waals surface area contributed by atoms with Crippen molar-refractivity contribution in [2.45, 2.75) is 6.10 Å². The summed E-state index contributed by atoms with van der Waals surface area (Å²) in [7, 11) is 0. The molecule has 0 radical (unpaired) electrons. The van der Waals surface area contributed by atoms with Gasteiger partial charge in [-0.15, -0.1) is 0 Å². The van der Waals surface area contributed by atoms with E-state index >= 15 is 0 Å². The lowest BCUT2D eigenvalue weighted by atomic mass is 10.0. The Morgan fingerprint density at radius 2 is 2.19 bits per heavy atom. The van der Waals surface area contributed by atoms with Gasteiger partial charge in [-0.2, -0.15) is 0 Å². The van der Waals surface area contributed by atoms with Crippen molar-refractivity contribution in [2.75, 3.05) is 13.2 Å². The minimum Gasteiger partial charge on any atom is -0.489 e. The molecule has 1 aliphatic rings. The zero-order valence-corrected chi connectivity index (χ0v) is 11.1. The molecule has 0 aliphatic carbocycles. The summed E-state index contributed by atoms with van der Waals surface area (Å²) in [4.78, 5) is 10.9. The number of nitrogens with zero attached hydrogens (tertiary/aromatic N) is 1. The lowest BCUT2D eigenvalue weighted by molar-refractivity contribution is 0.0983. The van der Waals surface area contributed by atoms with E-state index in [9.17, 15) is 4.79 Å². The molecule has 1 heterocycles. The Bertz CT molecular complexity index is 698. The summed E-state index contributed by atoms with van der Waals surface area (Å²) in [6.07, 6.45) is 0.219. The van der Waals surface area contributed by atoms with Crippen LogP contribution in [0.2, 0.25) is 0 Å². The molecule has 2 aromatic carbocycles. The first-order valence-electron chi connectivity index (χ1n) is 6.43. The first-order valence-corrected chi connectivity index (χ1v) is 6.43. The molecule has 1 aliphatic heterocycles. The van der Waals surface area contributed by atoms with Crippen LogP contribution < -0.4 is 4.74 Å². The van der Waals surface area contributed by atoms with Gasteiger partial charge in [-0.1, -0.05) is 35.5 Å². The Morgan fingerprint density at radius 1 is 1.33 bits per heavy atom. The second-order valence-corrected chi connectivity index (χ2v) is 4.55. The van der Waals surface area contributed by atoms with Crippen LogP contribution in [0.5, 0.6) is 5.75 Å². The molecule has 6 nitrogen and oxygen atoms in total. The second kappa shape index (κ2) is 5.70. The fourth-order valence-corrected chi connectivity index (χ4v) is 2.22. The number of ether oxygens (including phenoxy) is 3. The highest BCUT2D eigenvalue weighted by Crippen LogP contribution is 2.27. The maximum absolute atomic E-state index is 10.9. The van der Waals surface area contributed by atoms with E-state index < -0.39 is 12.3 Å². The third-order valence-corrected chi connectivity index (χ3v) is 3.19. The summed E-state index contributed by atoms with van der Waals surface area (Å²) in [5.41, 5.74) is 0.667. The Balaban J connectivity index is 1.87. The van der Waals surface area contributed by atoms with Crippen LogP contribution in [-0.2, 0) is 9.47 Å². The summed E-state index contributed by atoms with van der Waals surface area (Å²) in [6.45, 7) is 0.353. The maximum Gasteiger partial charge on any atom is 0.508 e. The predicted molar refractivity (Wildman–Crippen MR) is 75.0 cm³/mol. The van der Waals surface area contributed by atoms with Gasteiger partial charge in [0.2, 0.25) is 0 Å². The molecule has 0 aromatic heterocycles. The summed E-state index contributed by atoms with van der Waals surface area (Å²) in [5.74, 6) is 0.550.